The van der Waals surface area contributed by atoms with Gasteiger partial charge < -0.3 is 15.1 Å². The fourth-order valence-electron chi connectivity index (χ4n) is 3.29. The van der Waals surface area contributed by atoms with Gasteiger partial charge in [-0.1, -0.05) is 13.3 Å². The number of carbonyl (C=O) groups excluding carboxylic acids is 1. The van der Waals surface area contributed by atoms with Crippen molar-refractivity contribution in [3.8, 4) is 0 Å². The number of amides is 1. The number of rotatable bonds is 6. The van der Waals surface area contributed by atoms with Crippen LogP contribution in [0, 0.1) is 0 Å². The fourth-order valence-corrected chi connectivity index (χ4v) is 3.29. The number of nitrogens with one attached hydrogen (secondary N) is 1. The zero-order valence-corrected chi connectivity index (χ0v) is 13.8. The first-order chi connectivity index (χ1) is 10.2. The molecule has 0 aliphatic carbocycles. The second kappa shape index (κ2) is 8.71. The summed E-state index contributed by atoms with van der Waals surface area (Å²) in [5, 5.41) is 3.59. The molecule has 5 heteroatoms. The first-order valence-corrected chi connectivity index (χ1v) is 8.61. The van der Waals surface area contributed by atoms with E-state index >= 15 is 0 Å². The number of piperazine rings is 1. The molecular weight excluding hydrogens is 264 g/mol. The molecule has 0 saturated carbocycles. The van der Waals surface area contributed by atoms with E-state index in [-0.39, 0.29) is 0 Å². The summed E-state index contributed by atoms with van der Waals surface area (Å²) in [6, 6.07) is 0.575. The zero-order chi connectivity index (χ0) is 15.1. The molecule has 0 spiro atoms. The van der Waals surface area contributed by atoms with E-state index in [1.165, 1.54) is 19.3 Å². The molecule has 2 saturated heterocycles. The summed E-state index contributed by atoms with van der Waals surface area (Å²) in [5.41, 5.74) is 0. The first-order valence-electron chi connectivity index (χ1n) is 8.61. The maximum atomic E-state index is 12.5. The molecule has 1 unspecified atom stereocenters. The topological polar surface area (TPSA) is 38.8 Å². The normalized spacial score (nSPS) is 24.5. The highest BCUT2D eigenvalue weighted by Gasteiger charge is 2.23. The van der Waals surface area contributed by atoms with Crippen molar-refractivity contribution in [3.63, 3.8) is 0 Å². The summed E-state index contributed by atoms with van der Waals surface area (Å²) in [7, 11) is 2.12. The van der Waals surface area contributed by atoms with Crippen molar-refractivity contribution in [2.45, 2.75) is 38.6 Å². The number of nitrogens with zero attached hydrogens (tertiary/aromatic N) is 3. The third kappa shape index (κ3) is 5.57. The van der Waals surface area contributed by atoms with E-state index in [0.29, 0.717) is 18.5 Å². The van der Waals surface area contributed by atoms with Crippen LogP contribution in [-0.4, -0.2) is 86.1 Å². The average molecular weight is 296 g/mol. The number of carbonyl (C=O) groups is 1. The van der Waals surface area contributed by atoms with Crippen LogP contribution in [0.4, 0.5) is 0 Å². The molecule has 0 radical (unpaired) electrons. The Balaban J connectivity index is 1.79. The Kier molecular flexibility index (Phi) is 6.93. The van der Waals surface area contributed by atoms with Gasteiger partial charge in [0.25, 0.3) is 0 Å². The highest BCUT2D eigenvalue weighted by atomic mass is 16.2. The van der Waals surface area contributed by atoms with Gasteiger partial charge in [0.05, 0.1) is 6.54 Å². The Hall–Kier alpha value is -0.650. The molecular formula is C16H32N4O. The maximum absolute atomic E-state index is 12.5. The van der Waals surface area contributed by atoms with Gasteiger partial charge in [-0.05, 0) is 39.4 Å². The van der Waals surface area contributed by atoms with Crippen LogP contribution in [0.15, 0.2) is 0 Å². The molecule has 0 aromatic heterocycles. The van der Waals surface area contributed by atoms with E-state index in [4.69, 9.17) is 0 Å². The Morgan fingerprint density at radius 3 is 2.62 bits per heavy atom. The maximum Gasteiger partial charge on any atom is 0.236 e. The predicted octanol–water partition coefficient (Wildman–Crippen LogP) is 0.615. The largest absolute Gasteiger partial charge is 0.339 e. The third-order valence-electron chi connectivity index (χ3n) is 4.65. The molecule has 1 N–H and O–H groups in total. The van der Waals surface area contributed by atoms with Crippen molar-refractivity contribution in [1.29, 1.82) is 0 Å². The van der Waals surface area contributed by atoms with E-state index in [1.54, 1.807) is 0 Å². The smallest absolute Gasteiger partial charge is 0.236 e. The lowest BCUT2D eigenvalue weighted by molar-refractivity contribution is -0.134. The Morgan fingerprint density at radius 2 is 2.00 bits per heavy atom. The minimum atomic E-state index is 0.312. The lowest BCUT2D eigenvalue weighted by Crippen LogP contribution is -2.52. The minimum Gasteiger partial charge on any atom is -0.339 e. The lowest BCUT2D eigenvalue weighted by Gasteiger charge is -2.35. The fraction of sp³-hybridized carbons (Fsp3) is 0.938. The number of hydrogen-bond acceptors (Lipinski definition) is 4. The van der Waals surface area contributed by atoms with E-state index < -0.39 is 0 Å². The minimum absolute atomic E-state index is 0.312. The van der Waals surface area contributed by atoms with Crippen LogP contribution in [0.25, 0.3) is 0 Å². The van der Waals surface area contributed by atoms with Crippen LogP contribution >= 0.6 is 0 Å². The second-order valence-corrected chi connectivity index (χ2v) is 6.57. The summed E-state index contributed by atoms with van der Waals surface area (Å²) in [5.74, 6) is 0.312. The van der Waals surface area contributed by atoms with Gasteiger partial charge in [0.2, 0.25) is 5.91 Å². The van der Waals surface area contributed by atoms with Gasteiger partial charge in [-0.3, -0.25) is 9.69 Å². The Bertz CT molecular complexity index is 309. The molecule has 2 fully saturated rings. The number of likely N-dealkylation sites (N-methyl/N-ethyl adjacent to an activating group) is 1. The van der Waals surface area contributed by atoms with Gasteiger partial charge in [0, 0.05) is 38.8 Å². The van der Waals surface area contributed by atoms with E-state index in [1.807, 2.05) is 4.90 Å². The van der Waals surface area contributed by atoms with Crippen LogP contribution in [0.1, 0.15) is 32.6 Å². The van der Waals surface area contributed by atoms with Crippen LogP contribution in [0.3, 0.4) is 0 Å². The van der Waals surface area contributed by atoms with E-state index in [0.717, 1.165) is 52.2 Å². The van der Waals surface area contributed by atoms with Crippen LogP contribution in [0.5, 0.6) is 0 Å². The molecule has 2 rings (SSSR count). The standard InChI is InChI=1S/C16H32N4O/c1-3-8-19(13-15-6-4-5-7-17-15)14-16(21)20-11-9-18(2)10-12-20/h15,17H,3-14H2,1-2H3. The summed E-state index contributed by atoms with van der Waals surface area (Å²) in [6.45, 7) is 9.75. The molecule has 21 heavy (non-hydrogen) atoms. The first kappa shape index (κ1) is 16.7. The van der Waals surface area contributed by atoms with Crippen molar-refractivity contribution in [1.82, 2.24) is 20.0 Å². The molecule has 1 atom stereocenters. The van der Waals surface area contributed by atoms with Crippen LogP contribution in [0.2, 0.25) is 0 Å². The summed E-state index contributed by atoms with van der Waals surface area (Å²) in [4.78, 5) is 19.2. The van der Waals surface area contributed by atoms with Crippen LogP contribution < -0.4 is 5.32 Å². The van der Waals surface area contributed by atoms with Crippen molar-refractivity contribution in [2.24, 2.45) is 0 Å². The van der Waals surface area contributed by atoms with E-state index in [2.05, 4.69) is 29.1 Å². The Labute approximate surface area is 129 Å². The average Bonchev–Trinajstić information content (AvgIpc) is 2.49. The molecule has 0 aromatic rings. The monoisotopic (exact) mass is 296 g/mol. The highest BCUT2D eigenvalue weighted by molar-refractivity contribution is 5.78. The van der Waals surface area contributed by atoms with E-state index in [9.17, 15) is 4.79 Å². The highest BCUT2D eigenvalue weighted by Crippen LogP contribution is 2.09. The van der Waals surface area contributed by atoms with Crippen molar-refractivity contribution in [3.05, 3.63) is 0 Å². The van der Waals surface area contributed by atoms with Gasteiger partial charge in [0.1, 0.15) is 0 Å². The molecule has 2 heterocycles. The number of piperidine rings is 1. The summed E-state index contributed by atoms with van der Waals surface area (Å²) >= 11 is 0. The molecule has 2 aliphatic rings. The molecule has 5 nitrogen and oxygen atoms in total. The number of hydrogen-bond donors (Lipinski definition) is 1. The van der Waals surface area contributed by atoms with Gasteiger partial charge in [0.15, 0.2) is 0 Å². The van der Waals surface area contributed by atoms with Gasteiger partial charge in [-0.25, -0.2) is 0 Å². The molecule has 0 aromatic carbocycles. The third-order valence-corrected chi connectivity index (χ3v) is 4.65. The quantitative estimate of drug-likeness (QED) is 0.780. The SMILES string of the molecule is CCCN(CC(=O)N1CCN(C)CC1)CC1CCCCN1. The summed E-state index contributed by atoms with van der Waals surface area (Å²) < 4.78 is 0. The lowest BCUT2D eigenvalue weighted by atomic mass is 10.0. The van der Waals surface area contributed by atoms with Crippen molar-refractivity contribution >= 4 is 5.91 Å². The van der Waals surface area contributed by atoms with Gasteiger partial charge >= 0.3 is 0 Å². The second-order valence-electron chi connectivity index (χ2n) is 6.57. The van der Waals surface area contributed by atoms with Gasteiger partial charge in [-0.15, -0.1) is 0 Å². The van der Waals surface area contributed by atoms with Crippen molar-refractivity contribution < 1.29 is 4.79 Å². The van der Waals surface area contributed by atoms with Crippen molar-refractivity contribution in [2.75, 3.05) is 59.4 Å². The molecule has 0 bridgehead atoms. The molecule has 2 aliphatic heterocycles. The Morgan fingerprint density at radius 1 is 1.24 bits per heavy atom. The zero-order valence-electron chi connectivity index (χ0n) is 13.8. The predicted molar refractivity (Wildman–Crippen MR) is 86.4 cm³/mol. The van der Waals surface area contributed by atoms with Crippen LogP contribution in [-0.2, 0) is 4.79 Å². The molecule has 1 amide bonds. The molecule has 122 valence electrons. The summed E-state index contributed by atoms with van der Waals surface area (Å²) in [6.07, 6.45) is 4.99. The van der Waals surface area contributed by atoms with Gasteiger partial charge in [-0.2, -0.15) is 0 Å².